The van der Waals surface area contributed by atoms with E-state index in [1.807, 2.05) is 12.1 Å². The molecule has 0 amide bonds. The molecule has 1 aliphatic rings. The highest BCUT2D eigenvalue weighted by atomic mass is 15.0. The van der Waals surface area contributed by atoms with Gasteiger partial charge in [-0.25, -0.2) is 0 Å². The van der Waals surface area contributed by atoms with Gasteiger partial charge >= 0.3 is 0 Å². The van der Waals surface area contributed by atoms with Crippen LogP contribution in [0, 0.1) is 0 Å². The van der Waals surface area contributed by atoms with E-state index < -0.39 is 0 Å². The van der Waals surface area contributed by atoms with Crippen LogP contribution in [0.2, 0.25) is 0 Å². The summed E-state index contributed by atoms with van der Waals surface area (Å²) < 4.78 is 0. The third kappa shape index (κ3) is 3.21. The van der Waals surface area contributed by atoms with E-state index in [2.05, 4.69) is 71.3 Å². The van der Waals surface area contributed by atoms with E-state index in [9.17, 15) is 0 Å². The van der Waals surface area contributed by atoms with Crippen LogP contribution in [0.1, 0.15) is 12.8 Å². The van der Waals surface area contributed by atoms with Crippen LogP contribution in [0.4, 0.5) is 11.4 Å². The summed E-state index contributed by atoms with van der Waals surface area (Å²) in [6.45, 7) is 0. The number of para-hydroxylation sites is 2. The Labute approximate surface area is 120 Å². The maximum atomic E-state index is 3.64. The summed E-state index contributed by atoms with van der Waals surface area (Å²) >= 11 is 0. The summed E-state index contributed by atoms with van der Waals surface area (Å²) in [7, 11) is 0. The van der Waals surface area contributed by atoms with Crippen LogP contribution in [0.25, 0.3) is 0 Å². The maximum Gasteiger partial charge on any atom is 0.0500 e. The molecular formula is C18H20N2. The van der Waals surface area contributed by atoms with Crippen molar-refractivity contribution in [2.75, 3.05) is 10.6 Å². The predicted octanol–water partition coefficient (Wildman–Crippen LogP) is 4.30. The second-order valence-electron chi connectivity index (χ2n) is 5.18. The second-order valence-corrected chi connectivity index (χ2v) is 5.18. The van der Waals surface area contributed by atoms with Crippen molar-refractivity contribution in [1.82, 2.24) is 0 Å². The Balaban J connectivity index is 1.70. The van der Waals surface area contributed by atoms with Crippen molar-refractivity contribution >= 4 is 11.4 Å². The van der Waals surface area contributed by atoms with Crippen LogP contribution in [-0.4, -0.2) is 12.1 Å². The third-order valence-electron chi connectivity index (χ3n) is 3.68. The second kappa shape index (κ2) is 6.29. The number of anilines is 2. The quantitative estimate of drug-likeness (QED) is 0.805. The lowest BCUT2D eigenvalue weighted by Crippen LogP contribution is -2.40. The fourth-order valence-electron chi connectivity index (χ4n) is 2.63. The zero-order valence-corrected chi connectivity index (χ0v) is 11.5. The van der Waals surface area contributed by atoms with Gasteiger partial charge in [0.1, 0.15) is 0 Å². The Bertz CT molecular complexity index is 497. The van der Waals surface area contributed by atoms with E-state index >= 15 is 0 Å². The van der Waals surface area contributed by atoms with Gasteiger partial charge in [-0.2, -0.15) is 0 Å². The molecule has 2 heteroatoms. The molecule has 2 aromatic rings. The van der Waals surface area contributed by atoms with E-state index in [0.717, 1.165) is 12.8 Å². The van der Waals surface area contributed by atoms with Gasteiger partial charge in [-0.3, -0.25) is 0 Å². The molecule has 2 nitrogen and oxygen atoms in total. The molecule has 102 valence electrons. The Morgan fingerprint density at radius 3 is 1.40 bits per heavy atom. The average Bonchev–Trinajstić information content (AvgIpc) is 2.51. The third-order valence-corrected chi connectivity index (χ3v) is 3.68. The highest BCUT2D eigenvalue weighted by Gasteiger charge is 2.22. The zero-order chi connectivity index (χ0) is 13.6. The SMILES string of the molecule is C1=CC[C@H](Nc2ccccc2)[C@@H](Nc2ccccc2)C1. The fraction of sp³-hybridized carbons (Fsp3) is 0.222. The molecule has 2 atom stereocenters. The fourth-order valence-corrected chi connectivity index (χ4v) is 2.63. The summed E-state index contributed by atoms with van der Waals surface area (Å²) in [4.78, 5) is 0. The smallest absolute Gasteiger partial charge is 0.0500 e. The van der Waals surface area contributed by atoms with Crippen molar-refractivity contribution in [3.05, 3.63) is 72.8 Å². The Morgan fingerprint density at radius 1 is 0.600 bits per heavy atom. The molecule has 0 aromatic heterocycles. The molecule has 0 spiro atoms. The van der Waals surface area contributed by atoms with E-state index in [-0.39, 0.29) is 0 Å². The Morgan fingerprint density at radius 2 is 1.00 bits per heavy atom. The summed E-state index contributed by atoms with van der Waals surface area (Å²) in [6.07, 6.45) is 6.65. The van der Waals surface area contributed by atoms with Crippen LogP contribution in [0.3, 0.4) is 0 Å². The molecule has 0 saturated carbocycles. The molecule has 0 saturated heterocycles. The van der Waals surface area contributed by atoms with Crippen LogP contribution < -0.4 is 10.6 Å². The summed E-state index contributed by atoms with van der Waals surface area (Å²) in [5.41, 5.74) is 2.38. The molecule has 0 fully saturated rings. The van der Waals surface area contributed by atoms with Crippen LogP contribution in [0.5, 0.6) is 0 Å². The van der Waals surface area contributed by atoms with E-state index in [1.165, 1.54) is 11.4 Å². The molecule has 1 aliphatic carbocycles. The van der Waals surface area contributed by atoms with Gasteiger partial charge in [-0.1, -0.05) is 48.6 Å². The minimum absolute atomic E-state index is 0.419. The van der Waals surface area contributed by atoms with Crippen molar-refractivity contribution in [2.45, 2.75) is 24.9 Å². The minimum atomic E-state index is 0.419. The van der Waals surface area contributed by atoms with Gasteiger partial charge in [0.05, 0.1) is 0 Å². The average molecular weight is 264 g/mol. The van der Waals surface area contributed by atoms with Gasteiger partial charge in [0.2, 0.25) is 0 Å². The summed E-state index contributed by atoms with van der Waals surface area (Å²) in [5.74, 6) is 0. The first-order chi connectivity index (χ1) is 9.92. The van der Waals surface area contributed by atoms with E-state index in [4.69, 9.17) is 0 Å². The molecule has 0 bridgehead atoms. The normalized spacial score (nSPS) is 21.4. The highest BCUT2D eigenvalue weighted by molar-refractivity contribution is 5.48. The lowest BCUT2D eigenvalue weighted by atomic mass is 9.95. The van der Waals surface area contributed by atoms with Crippen LogP contribution >= 0.6 is 0 Å². The highest BCUT2D eigenvalue weighted by Crippen LogP contribution is 2.21. The summed E-state index contributed by atoms with van der Waals surface area (Å²) in [5, 5.41) is 7.27. The molecule has 0 radical (unpaired) electrons. The molecule has 2 N–H and O–H groups in total. The minimum Gasteiger partial charge on any atom is -0.380 e. The van der Waals surface area contributed by atoms with E-state index in [1.54, 1.807) is 0 Å². The lowest BCUT2D eigenvalue weighted by molar-refractivity contribution is 0.577. The van der Waals surface area contributed by atoms with Crippen molar-refractivity contribution < 1.29 is 0 Å². The van der Waals surface area contributed by atoms with Gasteiger partial charge in [-0.05, 0) is 37.1 Å². The molecular weight excluding hydrogens is 244 g/mol. The van der Waals surface area contributed by atoms with Gasteiger partial charge in [0.25, 0.3) is 0 Å². The zero-order valence-electron chi connectivity index (χ0n) is 11.5. The topological polar surface area (TPSA) is 24.1 Å². The first-order valence-corrected chi connectivity index (χ1v) is 7.20. The molecule has 0 heterocycles. The number of hydrogen-bond donors (Lipinski definition) is 2. The lowest BCUT2D eigenvalue weighted by Gasteiger charge is -2.31. The van der Waals surface area contributed by atoms with Gasteiger partial charge < -0.3 is 10.6 Å². The van der Waals surface area contributed by atoms with Crippen LogP contribution in [-0.2, 0) is 0 Å². The van der Waals surface area contributed by atoms with Gasteiger partial charge in [-0.15, -0.1) is 0 Å². The standard InChI is InChI=1S/C18H20N2/c1-3-9-15(10-4-1)19-17-13-7-8-14-18(17)20-16-11-5-2-6-12-16/h1-12,17-20H,13-14H2/t17-,18-/m0/s1. The number of hydrogen-bond acceptors (Lipinski definition) is 2. The predicted molar refractivity (Wildman–Crippen MR) is 86.1 cm³/mol. The molecule has 2 aromatic carbocycles. The number of nitrogens with one attached hydrogen (secondary N) is 2. The van der Waals surface area contributed by atoms with Crippen molar-refractivity contribution in [3.8, 4) is 0 Å². The first-order valence-electron chi connectivity index (χ1n) is 7.20. The first kappa shape index (κ1) is 12.8. The molecule has 3 rings (SSSR count). The number of benzene rings is 2. The van der Waals surface area contributed by atoms with Crippen molar-refractivity contribution in [2.24, 2.45) is 0 Å². The van der Waals surface area contributed by atoms with Gasteiger partial charge in [0.15, 0.2) is 0 Å². The van der Waals surface area contributed by atoms with Crippen LogP contribution in [0.15, 0.2) is 72.8 Å². The van der Waals surface area contributed by atoms with Crippen molar-refractivity contribution in [1.29, 1.82) is 0 Å². The van der Waals surface area contributed by atoms with Gasteiger partial charge in [0, 0.05) is 23.5 Å². The van der Waals surface area contributed by atoms with E-state index in [0.29, 0.717) is 12.1 Å². The Kier molecular flexibility index (Phi) is 4.02. The molecule has 0 unspecified atom stereocenters. The Hall–Kier alpha value is -2.22. The largest absolute Gasteiger partial charge is 0.380 e. The maximum absolute atomic E-state index is 3.64. The molecule has 20 heavy (non-hydrogen) atoms. The molecule has 0 aliphatic heterocycles. The number of rotatable bonds is 4. The van der Waals surface area contributed by atoms with Crippen molar-refractivity contribution in [3.63, 3.8) is 0 Å². The monoisotopic (exact) mass is 264 g/mol. The summed E-state index contributed by atoms with van der Waals surface area (Å²) in [6, 6.07) is 21.7.